The molecule has 1 atom stereocenters. The second-order valence-corrected chi connectivity index (χ2v) is 6.16. The highest BCUT2D eigenvalue weighted by Gasteiger charge is 2.34. The van der Waals surface area contributed by atoms with Crippen molar-refractivity contribution in [2.45, 2.75) is 26.4 Å². The van der Waals surface area contributed by atoms with Crippen LogP contribution in [0.1, 0.15) is 35.0 Å². The molecule has 0 radical (unpaired) electrons. The van der Waals surface area contributed by atoms with Gasteiger partial charge in [0.25, 0.3) is 0 Å². The Bertz CT molecular complexity index is 965. The summed E-state index contributed by atoms with van der Waals surface area (Å²) in [5, 5.41) is 20.2. The number of aromatic amines is 1. The number of aryl methyl sites for hydroxylation is 2. The summed E-state index contributed by atoms with van der Waals surface area (Å²) in [6, 6.07) is 11.2. The van der Waals surface area contributed by atoms with E-state index < -0.39 is 5.60 Å². The number of fused-ring (bicyclic) bond motifs is 1. The van der Waals surface area contributed by atoms with Crippen molar-refractivity contribution in [2.24, 2.45) is 0 Å². The summed E-state index contributed by atoms with van der Waals surface area (Å²) in [6.45, 7) is 5.62. The van der Waals surface area contributed by atoms with Crippen LogP contribution in [0.5, 0.6) is 5.75 Å². The number of rotatable bonds is 3. The zero-order valence-corrected chi connectivity index (χ0v) is 14.1. The maximum absolute atomic E-state index is 11.2. The van der Waals surface area contributed by atoms with Gasteiger partial charge >= 0.3 is 0 Å². The first kappa shape index (κ1) is 16.0. The lowest BCUT2D eigenvalue weighted by molar-refractivity contribution is 0.0897. The Morgan fingerprint density at radius 1 is 1.25 bits per heavy atom. The average Bonchev–Trinajstić information content (AvgIpc) is 2.97. The van der Waals surface area contributed by atoms with Gasteiger partial charge in [0.2, 0.25) is 0 Å². The maximum atomic E-state index is 11.2. The summed E-state index contributed by atoms with van der Waals surface area (Å²) >= 11 is 0. The molecule has 3 rings (SSSR count). The van der Waals surface area contributed by atoms with E-state index in [1.807, 2.05) is 26.0 Å². The standard InChI is InChI=1S/C19H19N3O2/c1-11-7-12(2)17(16(8-11)24-4)19(3,23)18-21-14-6-5-13(10-20)9-15(14)22-18/h5-9,23H,1-4H3,(H,21,22). The molecular formula is C19H19N3O2. The summed E-state index contributed by atoms with van der Waals surface area (Å²) in [7, 11) is 1.59. The van der Waals surface area contributed by atoms with Gasteiger partial charge in [-0.15, -0.1) is 0 Å². The Labute approximate surface area is 140 Å². The maximum Gasteiger partial charge on any atom is 0.148 e. The molecule has 1 unspecified atom stereocenters. The van der Waals surface area contributed by atoms with Gasteiger partial charge in [-0.2, -0.15) is 5.26 Å². The van der Waals surface area contributed by atoms with Crippen LogP contribution in [0.4, 0.5) is 0 Å². The number of aliphatic hydroxyl groups is 1. The Morgan fingerprint density at radius 2 is 2.00 bits per heavy atom. The van der Waals surface area contributed by atoms with Crippen LogP contribution in [0.2, 0.25) is 0 Å². The third kappa shape index (κ3) is 2.51. The minimum absolute atomic E-state index is 0.415. The topological polar surface area (TPSA) is 81.9 Å². The van der Waals surface area contributed by atoms with Gasteiger partial charge < -0.3 is 14.8 Å². The van der Waals surface area contributed by atoms with Crippen LogP contribution < -0.4 is 4.74 Å². The largest absolute Gasteiger partial charge is 0.496 e. The molecule has 5 heteroatoms. The number of nitrogens with one attached hydrogen (secondary N) is 1. The number of benzene rings is 2. The third-order valence-electron chi connectivity index (χ3n) is 4.22. The number of methoxy groups -OCH3 is 1. The fourth-order valence-corrected chi connectivity index (χ4v) is 3.14. The van der Waals surface area contributed by atoms with E-state index in [0.29, 0.717) is 28.2 Å². The van der Waals surface area contributed by atoms with E-state index >= 15 is 0 Å². The molecule has 3 aromatic rings. The van der Waals surface area contributed by atoms with Crippen molar-refractivity contribution in [1.82, 2.24) is 9.97 Å². The summed E-state index contributed by atoms with van der Waals surface area (Å²) in [5.74, 6) is 1.04. The molecule has 0 aliphatic heterocycles. The molecular weight excluding hydrogens is 302 g/mol. The smallest absolute Gasteiger partial charge is 0.148 e. The van der Waals surface area contributed by atoms with Crippen LogP contribution in [0.25, 0.3) is 11.0 Å². The highest BCUT2D eigenvalue weighted by Crippen LogP contribution is 2.38. The second-order valence-electron chi connectivity index (χ2n) is 6.16. The van der Waals surface area contributed by atoms with Gasteiger partial charge in [-0.3, -0.25) is 0 Å². The summed E-state index contributed by atoms with van der Waals surface area (Å²) < 4.78 is 5.48. The number of H-pyrrole nitrogens is 1. The van der Waals surface area contributed by atoms with Crippen molar-refractivity contribution >= 4 is 11.0 Å². The molecule has 2 aromatic carbocycles. The molecule has 2 N–H and O–H groups in total. The van der Waals surface area contributed by atoms with Crippen LogP contribution in [0.3, 0.4) is 0 Å². The van der Waals surface area contributed by atoms with Gasteiger partial charge in [-0.1, -0.05) is 6.07 Å². The lowest BCUT2D eigenvalue weighted by Crippen LogP contribution is -2.26. The number of ether oxygens (including phenoxy) is 1. The molecule has 1 aromatic heterocycles. The second kappa shape index (κ2) is 5.66. The van der Waals surface area contributed by atoms with Crippen LogP contribution in [-0.4, -0.2) is 22.2 Å². The average molecular weight is 321 g/mol. The number of nitriles is 1. The first-order chi connectivity index (χ1) is 11.4. The molecule has 1 heterocycles. The molecule has 0 saturated carbocycles. The number of aromatic nitrogens is 2. The SMILES string of the molecule is COc1cc(C)cc(C)c1C(C)(O)c1nc2cc(C#N)ccc2[nH]1. The normalized spacial score (nSPS) is 13.5. The molecule has 0 fully saturated rings. The highest BCUT2D eigenvalue weighted by molar-refractivity contribution is 5.77. The van der Waals surface area contributed by atoms with Crippen molar-refractivity contribution < 1.29 is 9.84 Å². The lowest BCUT2D eigenvalue weighted by atomic mass is 9.89. The molecule has 5 nitrogen and oxygen atoms in total. The number of imidazole rings is 1. The van der Waals surface area contributed by atoms with E-state index in [2.05, 4.69) is 16.0 Å². The van der Waals surface area contributed by atoms with E-state index in [1.165, 1.54) is 0 Å². The molecule has 0 aliphatic carbocycles. The van der Waals surface area contributed by atoms with E-state index in [-0.39, 0.29) is 0 Å². The Morgan fingerprint density at radius 3 is 2.67 bits per heavy atom. The van der Waals surface area contributed by atoms with Crippen LogP contribution in [-0.2, 0) is 5.60 Å². The van der Waals surface area contributed by atoms with Gasteiger partial charge in [-0.05, 0) is 56.2 Å². The van der Waals surface area contributed by atoms with E-state index in [0.717, 1.165) is 16.6 Å². The Kier molecular flexibility index (Phi) is 3.78. The van der Waals surface area contributed by atoms with Crippen LogP contribution in [0.15, 0.2) is 30.3 Å². The van der Waals surface area contributed by atoms with Gasteiger partial charge in [-0.25, -0.2) is 4.98 Å². The van der Waals surface area contributed by atoms with Gasteiger partial charge in [0.05, 0.1) is 29.8 Å². The van der Waals surface area contributed by atoms with Crippen molar-refractivity contribution in [3.8, 4) is 11.8 Å². The fourth-order valence-electron chi connectivity index (χ4n) is 3.14. The highest BCUT2D eigenvalue weighted by atomic mass is 16.5. The van der Waals surface area contributed by atoms with Crippen LogP contribution >= 0.6 is 0 Å². The third-order valence-corrected chi connectivity index (χ3v) is 4.22. The Hall–Kier alpha value is -2.84. The first-order valence-corrected chi connectivity index (χ1v) is 7.65. The van der Waals surface area contributed by atoms with Gasteiger partial charge in [0.15, 0.2) is 0 Å². The predicted octanol–water partition coefficient (Wildman–Crippen LogP) is 3.32. The molecule has 0 saturated heterocycles. The quantitative estimate of drug-likeness (QED) is 0.775. The minimum Gasteiger partial charge on any atom is -0.496 e. The lowest BCUT2D eigenvalue weighted by Gasteiger charge is -2.26. The first-order valence-electron chi connectivity index (χ1n) is 7.65. The number of hydrogen-bond acceptors (Lipinski definition) is 4. The van der Waals surface area contributed by atoms with Gasteiger partial charge in [0.1, 0.15) is 17.2 Å². The molecule has 0 spiro atoms. The summed E-state index contributed by atoms with van der Waals surface area (Å²) in [4.78, 5) is 7.65. The van der Waals surface area contributed by atoms with Crippen molar-refractivity contribution in [1.29, 1.82) is 5.26 Å². The zero-order chi connectivity index (χ0) is 17.5. The molecule has 24 heavy (non-hydrogen) atoms. The van der Waals surface area contributed by atoms with E-state index in [9.17, 15) is 5.11 Å². The van der Waals surface area contributed by atoms with Crippen molar-refractivity contribution in [2.75, 3.05) is 7.11 Å². The predicted molar refractivity (Wildman–Crippen MR) is 91.9 cm³/mol. The monoisotopic (exact) mass is 321 g/mol. The molecule has 122 valence electrons. The zero-order valence-electron chi connectivity index (χ0n) is 14.1. The fraction of sp³-hybridized carbons (Fsp3) is 0.263. The molecule has 0 bridgehead atoms. The molecule has 0 amide bonds. The van der Waals surface area contributed by atoms with Gasteiger partial charge in [0, 0.05) is 5.56 Å². The minimum atomic E-state index is -1.35. The summed E-state index contributed by atoms with van der Waals surface area (Å²) in [5.41, 5.74) is 3.26. The summed E-state index contributed by atoms with van der Waals surface area (Å²) in [6.07, 6.45) is 0. The van der Waals surface area contributed by atoms with Crippen molar-refractivity contribution in [3.05, 3.63) is 58.4 Å². The van der Waals surface area contributed by atoms with E-state index in [4.69, 9.17) is 10.00 Å². The Balaban J connectivity index is 2.20. The van der Waals surface area contributed by atoms with E-state index in [1.54, 1.807) is 32.2 Å². The van der Waals surface area contributed by atoms with Crippen LogP contribution in [0, 0.1) is 25.2 Å². The number of hydrogen-bond donors (Lipinski definition) is 2. The van der Waals surface area contributed by atoms with Crippen molar-refractivity contribution in [3.63, 3.8) is 0 Å². The number of nitrogens with zero attached hydrogens (tertiary/aromatic N) is 2. The molecule has 0 aliphatic rings.